The van der Waals surface area contributed by atoms with Crippen LogP contribution in [0.2, 0.25) is 0 Å². The van der Waals surface area contributed by atoms with Gasteiger partial charge in [-0.15, -0.1) is 0 Å². The highest BCUT2D eigenvalue weighted by molar-refractivity contribution is 7.89. The quantitative estimate of drug-likeness (QED) is 0.668. The lowest BCUT2D eigenvalue weighted by atomic mass is 10.1. The molecule has 1 aromatic carbocycles. The number of sulfonamides is 1. The van der Waals surface area contributed by atoms with E-state index in [4.69, 9.17) is 0 Å². The standard InChI is InChI=1S/C13H19N3O4S/c1-9-6-12(16(17)18)13(7-10(9)2)21(19,20)15-5-4-14-11(3)8-15/h6-7,11,14H,4-5,8H2,1-3H3. The Hall–Kier alpha value is -1.51. The molecular formula is C13H19N3O4S. The van der Waals surface area contributed by atoms with Crippen LogP contribution in [0.3, 0.4) is 0 Å². The van der Waals surface area contributed by atoms with Gasteiger partial charge in [0.25, 0.3) is 5.69 Å². The molecule has 0 radical (unpaired) electrons. The zero-order valence-corrected chi connectivity index (χ0v) is 13.1. The third-order valence-electron chi connectivity index (χ3n) is 3.72. The van der Waals surface area contributed by atoms with Crippen LogP contribution < -0.4 is 5.32 Å². The minimum Gasteiger partial charge on any atom is -0.312 e. The van der Waals surface area contributed by atoms with Crippen LogP contribution in [-0.2, 0) is 10.0 Å². The van der Waals surface area contributed by atoms with Crippen molar-refractivity contribution in [2.24, 2.45) is 0 Å². The van der Waals surface area contributed by atoms with Gasteiger partial charge in [0.1, 0.15) is 0 Å². The van der Waals surface area contributed by atoms with Crippen molar-refractivity contribution in [1.29, 1.82) is 0 Å². The third-order valence-corrected chi connectivity index (χ3v) is 5.62. The lowest BCUT2D eigenvalue weighted by Gasteiger charge is -2.30. The van der Waals surface area contributed by atoms with E-state index in [1.165, 1.54) is 16.4 Å². The van der Waals surface area contributed by atoms with E-state index >= 15 is 0 Å². The molecule has 1 saturated heterocycles. The van der Waals surface area contributed by atoms with Gasteiger partial charge in [0.05, 0.1) is 4.92 Å². The van der Waals surface area contributed by atoms with Gasteiger partial charge in [0.15, 0.2) is 4.90 Å². The van der Waals surface area contributed by atoms with E-state index in [2.05, 4.69) is 5.32 Å². The Bertz CT molecular complexity index is 672. The Morgan fingerprint density at radius 2 is 1.95 bits per heavy atom. The summed E-state index contributed by atoms with van der Waals surface area (Å²) in [6.07, 6.45) is 0. The van der Waals surface area contributed by atoms with Gasteiger partial charge in [-0.05, 0) is 38.0 Å². The summed E-state index contributed by atoms with van der Waals surface area (Å²) in [5, 5.41) is 14.3. The summed E-state index contributed by atoms with van der Waals surface area (Å²) in [4.78, 5) is 10.3. The summed E-state index contributed by atoms with van der Waals surface area (Å²) in [7, 11) is -3.86. The number of benzene rings is 1. The van der Waals surface area contributed by atoms with Crippen LogP contribution in [0.5, 0.6) is 0 Å². The maximum atomic E-state index is 12.7. The summed E-state index contributed by atoms with van der Waals surface area (Å²) in [6, 6.07) is 2.75. The fraction of sp³-hybridized carbons (Fsp3) is 0.538. The molecule has 1 unspecified atom stereocenters. The van der Waals surface area contributed by atoms with Gasteiger partial charge in [-0.25, -0.2) is 8.42 Å². The molecule has 7 nitrogen and oxygen atoms in total. The fourth-order valence-electron chi connectivity index (χ4n) is 2.38. The molecule has 1 aliphatic heterocycles. The molecule has 1 aliphatic rings. The highest BCUT2D eigenvalue weighted by Crippen LogP contribution is 2.30. The number of nitro benzene ring substituents is 1. The summed E-state index contributed by atoms with van der Waals surface area (Å²) < 4.78 is 26.7. The van der Waals surface area contributed by atoms with Crippen LogP contribution >= 0.6 is 0 Å². The van der Waals surface area contributed by atoms with E-state index < -0.39 is 14.9 Å². The molecule has 1 N–H and O–H groups in total. The summed E-state index contributed by atoms with van der Waals surface area (Å²) in [5.41, 5.74) is 1.07. The first kappa shape index (κ1) is 15.9. The van der Waals surface area contributed by atoms with Crippen LogP contribution in [-0.4, -0.2) is 43.3 Å². The molecule has 21 heavy (non-hydrogen) atoms. The van der Waals surface area contributed by atoms with E-state index in [0.717, 1.165) is 5.56 Å². The molecule has 1 heterocycles. The zero-order chi connectivity index (χ0) is 15.8. The van der Waals surface area contributed by atoms with Gasteiger partial charge in [-0.3, -0.25) is 10.1 Å². The smallest absolute Gasteiger partial charge is 0.289 e. The van der Waals surface area contributed by atoms with Crippen molar-refractivity contribution in [2.75, 3.05) is 19.6 Å². The number of nitrogens with one attached hydrogen (secondary N) is 1. The van der Waals surface area contributed by atoms with Crippen LogP contribution in [0.15, 0.2) is 17.0 Å². The second-order valence-electron chi connectivity index (χ2n) is 5.38. The van der Waals surface area contributed by atoms with Gasteiger partial charge in [-0.1, -0.05) is 0 Å². The number of piperazine rings is 1. The van der Waals surface area contributed by atoms with Crippen LogP contribution in [0.25, 0.3) is 0 Å². The van der Waals surface area contributed by atoms with Gasteiger partial charge >= 0.3 is 0 Å². The first-order chi connectivity index (χ1) is 9.73. The number of aryl methyl sites for hydroxylation is 2. The van der Waals surface area contributed by atoms with Crippen LogP contribution in [0, 0.1) is 24.0 Å². The molecule has 0 saturated carbocycles. The Balaban J connectivity index is 2.53. The van der Waals surface area contributed by atoms with E-state index in [1.54, 1.807) is 13.8 Å². The van der Waals surface area contributed by atoms with Crippen molar-refractivity contribution < 1.29 is 13.3 Å². The number of nitro groups is 1. The largest absolute Gasteiger partial charge is 0.312 e. The Kier molecular flexibility index (Phi) is 4.31. The van der Waals surface area contributed by atoms with E-state index in [1.807, 2.05) is 6.92 Å². The molecule has 0 bridgehead atoms. The number of hydrogen-bond donors (Lipinski definition) is 1. The minimum absolute atomic E-state index is 0.0270. The molecule has 8 heteroatoms. The molecular weight excluding hydrogens is 294 g/mol. The van der Waals surface area contributed by atoms with Crippen LogP contribution in [0.4, 0.5) is 5.69 Å². The molecule has 0 aliphatic carbocycles. The SMILES string of the molecule is Cc1cc([N+](=O)[O-])c(S(=O)(=O)N2CCNC(C)C2)cc1C. The van der Waals surface area contributed by atoms with Gasteiger partial charge in [0.2, 0.25) is 10.0 Å². The molecule has 0 aromatic heterocycles. The molecule has 2 rings (SSSR count). The van der Waals surface area contributed by atoms with Crippen molar-refractivity contribution in [1.82, 2.24) is 9.62 Å². The van der Waals surface area contributed by atoms with Gasteiger partial charge in [0, 0.05) is 31.7 Å². The average Bonchev–Trinajstić information content (AvgIpc) is 2.41. The highest BCUT2D eigenvalue weighted by Gasteiger charge is 2.34. The maximum Gasteiger partial charge on any atom is 0.289 e. The molecule has 0 spiro atoms. The summed E-state index contributed by atoms with van der Waals surface area (Å²) in [6.45, 7) is 6.53. The van der Waals surface area contributed by atoms with Gasteiger partial charge < -0.3 is 5.32 Å². The predicted molar refractivity (Wildman–Crippen MR) is 78.8 cm³/mol. The van der Waals surface area contributed by atoms with Crippen molar-refractivity contribution in [2.45, 2.75) is 31.7 Å². The predicted octanol–water partition coefficient (Wildman–Crippen LogP) is 1.19. The molecule has 0 amide bonds. The van der Waals surface area contributed by atoms with E-state index in [0.29, 0.717) is 25.2 Å². The zero-order valence-electron chi connectivity index (χ0n) is 12.3. The topological polar surface area (TPSA) is 92.5 Å². The second kappa shape index (κ2) is 5.70. The lowest BCUT2D eigenvalue weighted by molar-refractivity contribution is -0.387. The average molecular weight is 313 g/mol. The lowest BCUT2D eigenvalue weighted by Crippen LogP contribution is -2.51. The molecule has 1 atom stereocenters. The first-order valence-corrected chi connectivity index (χ1v) is 8.16. The Morgan fingerprint density at radius 3 is 2.52 bits per heavy atom. The normalized spacial score (nSPS) is 20.4. The maximum absolute atomic E-state index is 12.7. The Labute approximate surface area is 124 Å². The van der Waals surface area contributed by atoms with Gasteiger partial charge in [-0.2, -0.15) is 4.31 Å². The number of nitrogens with zero attached hydrogens (tertiary/aromatic N) is 2. The second-order valence-corrected chi connectivity index (χ2v) is 7.29. The summed E-state index contributed by atoms with van der Waals surface area (Å²) in [5.74, 6) is 0. The van der Waals surface area contributed by atoms with Crippen LogP contribution in [0.1, 0.15) is 18.1 Å². The molecule has 1 fully saturated rings. The minimum atomic E-state index is -3.86. The summed E-state index contributed by atoms with van der Waals surface area (Å²) >= 11 is 0. The molecule has 116 valence electrons. The fourth-order valence-corrected chi connectivity index (χ4v) is 4.13. The third kappa shape index (κ3) is 3.07. The Morgan fingerprint density at radius 1 is 1.33 bits per heavy atom. The van der Waals surface area contributed by atoms with Crippen molar-refractivity contribution >= 4 is 15.7 Å². The highest BCUT2D eigenvalue weighted by atomic mass is 32.2. The van der Waals surface area contributed by atoms with Crippen molar-refractivity contribution in [3.05, 3.63) is 33.4 Å². The van der Waals surface area contributed by atoms with E-state index in [9.17, 15) is 18.5 Å². The van der Waals surface area contributed by atoms with E-state index in [-0.39, 0.29) is 16.6 Å². The monoisotopic (exact) mass is 313 g/mol. The van der Waals surface area contributed by atoms with Crippen molar-refractivity contribution in [3.8, 4) is 0 Å². The van der Waals surface area contributed by atoms with Crippen molar-refractivity contribution in [3.63, 3.8) is 0 Å². The number of hydrogen-bond acceptors (Lipinski definition) is 5. The first-order valence-electron chi connectivity index (χ1n) is 6.72. The number of rotatable bonds is 3. The molecule has 1 aromatic rings.